The highest BCUT2D eigenvalue weighted by Gasteiger charge is 2.21. The van der Waals surface area contributed by atoms with Crippen LogP contribution in [0.25, 0.3) is 11.1 Å². The van der Waals surface area contributed by atoms with Gasteiger partial charge < -0.3 is 15.4 Å². The molecule has 2 aromatic rings. The molecule has 0 radical (unpaired) electrons. The lowest BCUT2D eigenvalue weighted by Gasteiger charge is -2.20. The number of carbonyl (C=O) groups excluding carboxylic acids is 1. The maximum absolute atomic E-state index is 14.9. The summed E-state index contributed by atoms with van der Waals surface area (Å²) >= 11 is 0. The summed E-state index contributed by atoms with van der Waals surface area (Å²) in [6.07, 6.45) is -0.0482. The fourth-order valence-electron chi connectivity index (χ4n) is 3.46. The Morgan fingerprint density at radius 2 is 1.82 bits per heavy atom. The van der Waals surface area contributed by atoms with Gasteiger partial charge in [-0.05, 0) is 81.2 Å². The van der Waals surface area contributed by atoms with E-state index in [0.717, 1.165) is 28.8 Å². The van der Waals surface area contributed by atoms with Crippen LogP contribution in [0.2, 0.25) is 0 Å². The van der Waals surface area contributed by atoms with Gasteiger partial charge in [-0.3, -0.25) is 4.79 Å². The highest BCUT2D eigenvalue weighted by atomic mass is 19.1. The quantitative estimate of drug-likeness (QED) is 0.715. The molecule has 2 rings (SSSR count). The first-order chi connectivity index (χ1) is 13.1. The average molecular weight is 387 g/mol. The summed E-state index contributed by atoms with van der Waals surface area (Å²) in [4.78, 5) is 13.9. The molecule has 28 heavy (non-hydrogen) atoms. The Balaban J connectivity index is 2.48. The summed E-state index contributed by atoms with van der Waals surface area (Å²) in [5.41, 5.74) is 12.3. The number of rotatable bonds is 7. The molecule has 0 heterocycles. The van der Waals surface area contributed by atoms with Gasteiger partial charge >= 0.3 is 5.97 Å². The Morgan fingerprint density at radius 1 is 1.14 bits per heavy atom. The van der Waals surface area contributed by atoms with E-state index < -0.39 is 12.0 Å². The van der Waals surface area contributed by atoms with Crippen molar-refractivity contribution in [3.8, 4) is 11.1 Å². The summed E-state index contributed by atoms with van der Waals surface area (Å²) in [5.74, 6) is -0.765. The fourth-order valence-corrected chi connectivity index (χ4v) is 3.46. The molecular weight excluding hydrogens is 355 g/mol. The standard InChI is InChI=1S/C23H31FN2O2/c1-7-28-22(27)12-21(25)20-11-19(15(3)16(4)23(20)24)18-9-8-17(10-14(18)2)13-26(5)6/h8-11,21H,7,12-13,25H2,1-6H3. The van der Waals surface area contributed by atoms with Crippen LogP contribution >= 0.6 is 0 Å². The Labute approximate surface area is 167 Å². The number of halogens is 1. The SMILES string of the molecule is CCOC(=O)CC(N)c1cc(-c2ccc(CN(C)C)cc2C)c(C)c(C)c1F. The zero-order valence-electron chi connectivity index (χ0n) is 17.7. The maximum atomic E-state index is 14.9. The second-order valence-electron chi connectivity index (χ2n) is 7.58. The van der Waals surface area contributed by atoms with Crippen molar-refractivity contribution in [2.24, 2.45) is 5.73 Å². The highest BCUT2D eigenvalue weighted by Crippen LogP contribution is 2.34. The Bertz CT molecular complexity index is 862. The molecule has 5 heteroatoms. The molecule has 2 aromatic carbocycles. The lowest BCUT2D eigenvalue weighted by atomic mass is 9.88. The van der Waals surface area contributed by atoms with E-state index >= 15 is 0 Å². The molecule has 0 bridgehead atoms. The van der Waals surface area contributed by atoms with Gasteiger partial charge in [0.1, 0.15) is 5.82 Å². The van der Waals surface area contributed by atoms with Crippen molar-refractivity contribution in [1.82, 2.24) is 4.90 Å². The molecule has 0 saturated carbocycles. The molecule has 2 N–H and O–H groups in total. The van der Waals surface area contributed by atoms with Crippen LogP contribution in [0.15, 0.2) is 24.3 Å². The number of esters is 1. The number of ether oxygens (including phenoxy) is 1. The molecular formula is C23H31FN2O2. The average Bonchev–Trinajstić information content (AvgIpc) is 2.60. The molecule has 0 aromatic heterocycles. The van der Waals surface area contributed by atoms with Crippen LogP contribution in [-0.4, -0.2) is 31.6 Å². The summed E-state index contributed by atoms with van der Waals surface area (Å²) in [7, 11) is 4.07. The van der Waals surface area contributed by atoms with Crippen molar-refractivity contribution in [3.63, 3.8) is 0 Å². The van der Waals surface area contributed by atoms with Gasteiger partial charge in [0, 0.05) is 18.2 Å². The van der Waals surface area contributed by atoms with E-state index in [0.29, 0.717) is 11.1 Å². The molecule has 0 amide bonds. The lowest BCUT2D eigenvalue weighted by molar-refractivity contribution is -0.143. The molecule has 1 unspecified atom stereocenters. The van der Waals surface area contributed by atoms with Crippen LogP contribution < -0.4 is 5.73 Å². The number of nitrogens with zero attached hydrogens (tertiary/aromatic N) is 1. The van der Waals surface area contributed by atoms with E-state index in [2.05, 4.69) is 30.0 Å². The highest BCUT2D eigenvalue weighted by molar-refractivity contribution is 5.74. The topological polar surface area (TPSA) is 55.6 Å². The van der Waals surface area contributed by atoms with Gasteiger partial charge in [0.15, 0.2) is 0 Å². The van der Waals surface area contributed by atoms with Crippen molar-refractivity contribution < 1.29 is 13.9 Å². The number of carbonyl (C=O) groups is 1. The van der Waals surface area contributed by atoms with Crippen LogP contribution in [0.3, 0.4) is 0 Å². The molecule has 1 atom stereocenters. The van der Waals surface area contributed by atoms with Crippen molar-refractivity contribution >= 4 is 5.97 Å². The van der Waals surface area contributed by atoms with E-state index in [1.54, 1.807) is 19.9 Å². The number of hydrogen-bond donors (Lipinski definition) is 1. The molecule has 0 fully saturated rings. The summed E-state index contributed by atoms with van der Waals surface area (Å²) < 4.78 is 19.9. The predicted octanol–water partition coefficient (Wildman–Crippen LogP) is 4.43. The van der Waals surface area contributed by atoms with Gasteiger partial charge in [-0.2, -0.15) is 0 Å². The molecule has 0 aliphatic carbocycles. The Kier molecular flexibility index (Phi) is 7.33. The first-order valence-corrected chi connectivity index (χ1v) is 9.61. The van der Waals surface area contributed by atoms with E-state index in [1.807, 2.05) is 21.0 Å². The van der Waals surface area contributed by atoms with E-state index in [1.165, 1.54) is 5.56 Å². The van der Waals surface area contributed by atoms with Crippen LogP contribution in [0.1, 0.15) is 47.2 Å². The van der Waals surface area contributed by atoms with Crippen molar-refractivity contribution in [2.45, 2.75) is 46.7 Å². The van der Waals surface area contributed by atoms with Crippen molar-refractivity contribution in [1.29, 1.82) is 0 Å². The molecule has 152 valence electrons. The molecule has 0 aliphatic heterocycles. The van der Waals surface area contributed by atoms with Gasteiger partial charge in [0.2, 0.25) is 0 Å². The Morgan fingerprint density at radius 3 is 2.39 bits per heavy atom. The predicted molar refractivity (Wildman–Crippen MR) is 112 cm³/mol. The van der Waals surface area contributed by atoms with Crippen LogP contribution in [-0.2, 0) is 16.1 Å². The van der Waals surface area contributed by atoms with E-state index in [9.17, 15) is 9.18 Å². The van der Waals surface area contributed by atoms with Crippen LogP contribution in [0, 0.1) is 26.6 Å². The third-order valence-corrected chi connectivity index (χ3v) is 5.02. The number of nitrogens with two attached hydrogens (primary N) is 1. The second-order valence-corrected chi connectivity index (χ2v) is 7.58. The minimum atomic E-state index is -0.745. The Hall–Kier alpha value is -2.24. The monoisotopic (exact) mass is 386 g/mol. The summed E-state index contributed by atoms with van der Waals surface area (Å²) in [5, 5.41) is 0. The van der Waals surface area contributed by atoms with Gasteiger partial charge in [-0.1, -0.05) is 18.2 Å². The fraction of sp³-hybridized carbons (Fsp3) is 0.435. The third kappa shape index (κ3) is 4.97. The summed E-state index contributed by atoms with van der Waals surface area (Å²) in [6, 6.07) is 7.37. The third-order valence-electron chi connectivity index (χ3n) is 5.02. The zero-order chi connectivity index (χ0) is 21.0. The number of benzene rings is 2. The van der Waals surface area contributed by atoms with Gasteiger partial charge in [-0.15, -0.1) is 0 Å². The normalized spacial score (nSPS) is 12.3. The van der Waals surface area contributed by atoms with Crippen LogP contribution in [0.4, 0.5) is 4.39 Å². The van der Waals surface area contributed by atoms with Crippen molar-refractivity contribution in [3.05, 3.63) is 57.9 Å². The number of hydrogen-bond acceptors (Lipinski definition) is 4. The second kappa shape index (κ2) is 9.30. The van der Waals surface area contributed by atoms with E-state index in [-0.39, 0.29) is 18.8 Å². The van der Waals surface area contributed by atoms with Gasteiger partial charge in [-0.25, -0.2) is 4.39 Å². The zero-order valence-corrected chi connectivity index (χ0v) is 17.7. The van der Waals surface area contributed by atoms with Crippen LogP contribution in [0.5, 0.6) is 0 Å². The molecule has 4 nitrogen and oxygen atoms in total. The van der Waals surface area contributed by atoms with Gasteiger partial charge in [0.25, 0.3) is 0 Å². The first-order valence-electron chi connectivity index (χ1n) is 9.61. The summed E-state index contributed by atoms with van der Waals surface area (Å²) in [6.45, 7) is 8.61. The molecule has 0 aliphatic rings. The number of aryl methyl sites for hydroxylation is 1. The minimum absolute atomic E-state index is 0.0482. The van der Waals surface area contributed by atoms with E-state index in [4.69, 9.17) is 10.5 Å². The van der Waals surface area contributed by atoms with Crippen molar-refractivity contribution in [2.75, 3.05) is 20.7 Å². The molecule has 0 spiro atoms. The van der Waals surface area contributed by atoms with Gasteiger partial charge in [0.05, 0.1) is 13.0 Å². The maximum Gasteiger partial charge on any atom is 0.307 e. The first kappa shape index (κ1) is 22.1. The lowest BCUT2D eigenvalue weighted by Crippen LogP contribution is -2.19. The minimum Gasteiger partial charge on any atom is -0.466 e. The molecule has 0 saturated heterocycles. The largest absolute Gasteiger partial charge is 0.466 e. The smallest absolute Gasteiger partial charge is 0.307 e.